The molecule has 2 unspecified atom stereocenters. The van der Waals surface area contributed by atoms with Gasteiger partial charge in [-0.15, -0.1) is 0 Å². The van der Waals surface area contributed by atoms with Crippen LogP contribution in [0.2, 0.25) is 0 Å². The van der Waals surface area contributed by atoms with Crippen molar-refractivity contribution in [3.05, 3.63) is 0 Å². The van der Waals surface area contributed by atoms with Crippen LogP contribution in [0.4, 0.5) is 0 Å². The Kier molecular flexibility index (Phi) is 15.2. The zero-order valence-corrected chi connectivity index (χ0v) is 10.7. The largest absolute Gasteiger partial charge is 2.00 e. The fourth-order valence-corrected chi connectivity index (χ4v) is 0.149. The number of hydrogen-bond donors (Lipinski definition) is 4. The molecule has 0 aliphatic carbocycles. The van der Waals surface area contributed by atoms with E-state index in [-0.39, 0.29) is 19.5 Å². The van der Waals surface area contributed by atoms with Crippen LogP contribution in [0.1, 0.15) is 0 Å². The third-order valence-electron chi connectivity index (χ3n) is 0.890. The predicted octanol–water partition coefficient (Wildman–Crippen LogP) is -5.82. The van der Waals surface area contributed by atoms with Crippen LogP contribution in [0.25, 0.3) is 0 Å². The summed E-state index contributed by atoms with van der Waals surface area (Å²) in [6.07, 6.45) is -3.47. The zero-order valence-electron chi connectivity index (χ0n) is 7.70. The monoisotopic (exact) mass is 274 g/mol. The Bertz CT molecular complexity index is 164. The number of aliphatic hydroxyl groups is 4. The Labute approximate surface area is 97.5 Å². The molecule has 0 saturated carbocycles. The maximum atomic E-state index is 9.41. The van der Waals surface area contributed by atoms with Crippen molar-refractivity contribution in [2.45, 2.75) is 12.2 Å². The molecule has 0 radical (unpaired) electrons. The van der Waals surface area contributed by atoms with Gasteiger partial charge in [0.1, 0.15) is 12.2 Å². The van der Waals surface area contributed by atoms with E-state index in [2.05, 4.69) is 0 Å². The number of aliphatic hydroxyl groups excluding tert-OH is 4. The Morgan fingerprint density at radius 1 is 0.933 bits per heavy atom. The van der Waals surface area contributed by atoms with Gasteiger partial charge in [-0.2, -0.15) is 0 Å². The second-order valence-electron chi connectivity index (χ2n) is 2.03. The molecule has 2 atom stereocenters. The molecule has 84 valence electrons. The van der Waals surface area contributed by atoms with E-state index >= 15 is 0 Å². The van der Waals surface area contributed by atoms with Crippen LogP contribution in [0.15, 0.2) is 0 Å². The van der Waals surface area contributed by atoms with Crippen molar-refractivity contribution >= 4 is 11.9 Å². The number of rotatable bonds is 4. The van der Waals surface area contributed by atoms with Crippen LogP contribution in [0, 0.1) is 0 Å². The number of carbonyl (C=O) groups excluding carboxylic acids is 2. The fourth-order valence-electron chi connectivity index (χ4n) is 0.149. The van der Waals surface area contributed by atoms with E-state index in [4.69, 9.17) is 20.4 Å². The van der Waals surface area contributed by atoms with Gasteiger partial charge in [-0.05, 0) is 0 Å². The molecule has 0 rings (SSSR count). The number of carbonyl (C=O) groups is 2. The Hall–Kier alpha value is -0.597. The van der Waals surface area contributed by atoms with Crippen molar-refractivity contribution < 1.29 is 59.7 Å². The van der Waals surface area contributed by atoms with Crippen molar-refractivity contribution in [1.29, 1.82) is 0 Å². The summed E-state index contributed by atoms with van der Waals surface area (Å²) in [6, 6.07) is 0. The molecule has 8 nitrogen and oxygen atoms in total. The Balaban J connectivity index is -0.000000180. The van der Waals surface area contributed by atoms with Gasteiger partial charge in [0.15, 0.2) is 0 Å². The van der Waals surface area contributed by atoms with Gasteiger partial charge in [-0.3, -0.25) is 0 Å². The number of carboxylic acids is 2. The van der Waals surface area contributed by atoms with Crippen molar-refractivity contribution in [3.8, 4) is 0 Å². The van der Waals surface area contributed by atoms with Crippen molar-refractivity contribution in [1.82, 2.24) is 0 Å². The van der Waals surface area contributed by atoms with Crippen LogP contribution >= 0.6 is 0 Å². The molecular weight excluding hydrogens is 265 g/mol. The van der Waals surface area contributed by atoms with Gasteiger partial charge < -0.3 is 40.2 Å². The summed E-state index contributed by atoms with van der Waals surface area (Å²) in [7, 11) is 0. The van der Waals surface area contributed by atoms with E-state index in [1.807, 2.05) is 0 Å². The fraction of sp³-hybridized carbons (Fsp3) is 0.667. The minimum atomic E-state index is -1.74. The van der Waals surface area contributed by atoms with Crippen molar-refractivity contribution in [2.24, 2.45) is 0 Å². The zero-order chi connectivity index (χ0) is 11.7. The molecule has 0 aliphatic heterocycles. The third-order valence-corrected chi connectivity index (χ3v) is 0.890. The summed E-state index contributed by atoms with van der Waals surface area (Å²) in [6.45, 7) is -1.58. The Morgan fingerprint density at radius 2 is 1.13 bits per heavy atom. The SMILES string of the molecule is O=C([O-])C(O)CO.O=C([O-])C(O)CO.[Zn+2]. The first-order valence-electron chi connectivity index (χ1n) is 3.36. The minimum Gasteiger partial charge on any atom is -0.547 e. The van der Waals surface area contributed by atoms with Gasteiger partial charge >= 0.3 is 19.5 Å². The summed E-state index contributed by atoms with van der Waals surface area (Å²) >= 11 is 0. The summed E-state index contributed by atoms with van der Waals surface area (Å²) in [4.78, 5) is 18.8. The number of carboxylic acid groups (broad SMARTS) is 2. The van der Waals surface area contributed by atoms with E-state index in [1.54, 1.807) is 0 Å². The first-order valence-corrected chi connectivity index (χ1v) is 3.36. The molecule has 0 amide bonds. The summed E-state index contributed by atoms with van der Waals surface area (Å²) in [5.74, 6) is -3.30. The van der Waals surface area contributed by atoms with Crippen LogP contribution in [-0.2, 0) is 29.1 Å². The van der Waals surface area contributed by atoms with E-state index in [9.17, 15) is 19.8 Å². The molecule has 0 bridgehead atoms. The van der Waals surface area contributed by atoms with Crippen molar-refractivity contribution in [3.63, 3.8) is 0 Å². The van der Waals surface area contributed by atoms with E-state index in [0.29, 0.717) is 0 Å². The van der Waals surface area contributed by atoms with E-state index in [0.717, 1.165) is 0 Å². The summed E-state index contributed by atoms with van der Waals surface area (Å²) in [5.41, 5.74) is 0. The molecule has 4 N–H and O–H groups in total. The molecule has 0 saturated heterocycles. The average Bonchev–Trinajstić information content (AvgIpc) is 2.15. The first-order chi connectivity index (χ1) is 6.36. The van der Waals surface area contributed by atoms with Gasteiger partial charge in [0.25, 0.3) is 0 Å². The maximum Gasteiger partial charge on any atom is 2.00 e. The van der Waals surface area contributed by atoms with Crippen LogP contribution in [0.5, 0.6) is 0 Å². The standard InChI is InChI=1S/2C3H6O4.Zn/c2*4-1-2(5)3(6)7;/h2*2,4-5H,1H2,(H,6,7);/q;;+2/p-2. The quantitative estimate of drug-likeness (QED) is 0.369. The number of hydrogen-bond acceptors (Lipinski definition) is 8. The first kappa shape index (κ1) is 19.9. The molecule has 0 fully saturated rings. The van der Waals surface area contributed by atoms with Crippen LogP contribution in [0.3, 0.4) is 0 Å². The summed E-state index contributed by atoms with van der Waals surface area (Å²) in [5, 5.41) is 50.5. The average molecular weight is 276 g/mol. The van der Waals surface area contributed by atoms with E-state index in [1.165, 1.54) is 0 Å². The van der Waals surface area contributed by atoms with Crippen molar-refractivity contribution in [2.75, 3.05) is 13.2 Å². The molecule has 0 aromatic heterocycles. The van der Waals surface area contributed by atoms with Crippen LogP contribution < -0.4 is 10.2 Å². The molecule has 0 aromatic rings. The van der Waals surface area contributed by atoms with Gasteiger partial charge in [0.05, 0.1) is 25.2 Å². The second-order valence-corrected chi connectivity index (χ2v) is 2.03. The Morgan fingerprint density at radius 3 is 1.13 bits per heavy atom. The topological polar surface area (TPSA) is 161 Å². The molecule has 0 aromatic carbocycles. The maximum absolute atomic E-state index is 9.41. The number of aliphatic carboxylic acids is 2. The van der Waals surface area contributed by atoms with E-state index < -0.39 is 37.4 Å². The predicted molar refractivity (Wildman–Crippen MR) is 36.2 cm³/mol. The van der Waals surface area contributed by atoms with Gasteiger partial charge in [0, 0.05) is 0 Å². The van der Waals surface area contributed by atoms with Crippen LogP contribution in [-0.4, -0.2) is 57.8 Å². The molecule has 15 heavy (non-hydrogen) atoms. The normalized spacial score (nSPS) is 12.5. The second kappa shape index (κ2) is 11.5. The smallest absolute Gasteiger partial charge is 0.547 e. The summed E-state index contributed by atoms with van der Waals surface area (Å²) < 4.78 is 0. The molecule has 0 heterocycles. The molecular formula is C6H10O8Zn. The minimum absolute atomic E-state index is 0. The van der Waals surface area contributed by atoms with Gasteiger partial charge in [0.2, 0.25) is 0 Å². The van der Waals surface area contributed by atoms with Gasteiger partial charge in [-0.1, -0.05) is 0 Å². The molecule has 9 heteroatoms. The third kappa shape index (κ3) is 13.4. The van der Waals surface area contributed by atoms with Gasteiger partial charge in [-0.25, -0.2) is 0 Å². The molecule has 0 aliphatic rings. The molecule has 0 spiro atoms.